The molecule has 5 nitrogen and oxygen atoms in total. The highest BCUT2D eigenvalue weighted by Gasteiger charge is 2.17. The van der Waals surface area contributed by atoms with Crippen LogP contribution < -0.4 is 10.9 Å². The van der Waals surface area contributed by atoms with Crippen molar-refractivity contribution in [2.45, 2.75) is 24.9 Å². The van der Waals surface area contributed by atoms with E-state index in [9.17, 15) is 9.59 Å². The molecule has 1 heterocycles. The number of rotatable bonds is 7. The van der Waals surface area contributed by atoms with Gasteiger partial charge in [-0.05, 0) is 29.7 Å². The first-order valence-electron chi connectivity index (χ1n) is 9.14. The molecule has 2 aromatic carbocycles. The second-order valence-corrected chi connectivity index (χ2v) is 7.59. The maximum absolute atomic E-state index is 13.3. The van der Waals surface area contributed by atoms with Crippen LogP contribution in [0.15, 0.2) is 71.1 Å². The van der Waals surface area contributed by atoms with Crippen molar-refractivity contribution in [3.8, 4) is 5.69 Å². The Labute approximate surface area is 168 Å². The highest BCUT2D eigenvalue weighted by atomic mass is 32.2. The molecule has 3 rings (SSSR count). The third-order valence-electron chi connectivity index (χ3n) is 4.32. The van der Waals surface area contributed by atoms with Gasteiger partial charge in [-0.25, -0.2) is 4.98 Å². The minimum atomic E-state index is -0.132. The van der Waals surface area contributed by atoms with Crippen LogP contribution in [-0.4, -0.2) is 27.8 Å². The first kappa shape index (κ1) is 19.9. The first-order chi connectivity index (χ1) is 13.5. The molecule has 3 aromatic rings. The SMILES string of the molecule is C=CCNC(=O)CSc1nc2ccccc2c(=O)n1-c1ccccc1C(C)C. The normalized spacial score (nSPS) is 11.0. The number of nitrogens with zero attached hydrogens (tertiary/aromatic N) is 2. The Kier molecular flexibility index (Phi) is 6.31. The molecule has 6 heteroatoms. The van der Waals surface area contributed by atoms with Crippen LogP contribution >= 0.6 is 11.8 Å². The molecule has 0 aliphatic heterocycles. The summed E-state index contributed by atoms with van der Waals surface area (Å²) in [5.41, 5.74) is 2.35. The summed E-state index contributed by atoms with van der Waals surface area (Å²) in [6.45, 7) is 8.19. The van der Waals surface area contributed by atoms with Crippen LogP contribution in [0.5, 0.6) is 0 Å². The van der Waals surface area contributed by atoms with Gasteiger partial charge in [0.25, 0.3) is 5.56 Å². The van der Waals surface area contributed by atoms with E-state index in [1.165, 1.54) is 11.8 Å². The maximum Gasteiger partial charge on any atom is 0.266 e. The second-order valence-electron chi connectivity index (χ2n) is 6.65. The van der Waals surface area contributed by atoms with Crippen LogP contribution in [0.4, 0.5) is 0 Å². The van der Waals surface area contributed by atoms with Crippen molar-refractivity contribution in [1.82, 2.24) is 14.9 Å². The van der Waals surface area contributed by atoms with E-state index in [4.69, 9.17) is 4.98 Å². The van der Waals surface area contributed by atoms with Gasteiger partial charge in [-0.1, -0.05) is 62.0 Å². The number of benzene rings is 2. The molecule has 144 valence electrons. The van der Waals surface area contributed by atoms with Crippen LogP contribution in [-0.2, 0) is 4.79 Å². The molecule has 0 saturated heterocycles. The van der Waals surface area contributed by atoms with Crippen LogP contribution in [0.3, 0.4) is 0 Å². The molecule has 0 unspecified atom stereocenters. The number of fused-ring (bicyclic) bond motifs is 1. The highest BCUT2D eigenvalue weighted by molar-refractivity contribution is 7.99. The minimum Gasteiger partial charge on any atom is -0.352 e. The number of hydrogen-bond acceptors (Lipinski definition) is 4. The molecule has 1 N–H and O–H groups in total. The zero-order valence-corrected chi connectivity index (χ0v) is 16.8. The molecule has 0 atom stereocenters. The largest absolute Gasteiger partial charge is 0.352 e. The fourth-order valence-corrected chi connectivity index (χ4v) is 3.80. The van der Waals surface area contributed by atoms with Gasteiger partial charge in [0.05, 0.1) is 22.3 Å². The zero-order chi connectivity index (χ0) is 20.1. The molecule has 0 spiro atoms. The molecule has 0 radical (unpaired) electrons. The van der Waals surface area contributed by atoms with Gasteiger partial charge < -0.3 is 5.32 Å². The summed E-state index contributed by atoms with van der Waals surface area (Å²) in [5, 5.41) is 3.81. The predicted molar refractivity (Wildman–Crippen MR) is 115 cm³/mol. The van der Waals surface area contributed by atoms with E-state index in [0.717, 1.165) is 11.3 Å². The average molecular weight is 394 g/mol. The summed E-state index contributed by atoms with van der Waals surface area (Å²) in [6, 6.07) is 15.1. The van der Waals surface area contributed by atoms with E-state index in [-0.39, 0.29) is 23.1 Å². The van der Waals surface area contributed by atoms with Gasteiger partial charge in [0.1, 0.15) is 0 Å². The predicted octanol–water partition coefficient (Wildman–Crippen LogP) is 3.90. The number of thioether (sulfide) groups is 1. The number of nitrogens with one attached hydrogen (secondary N) is 1. The fraction of sp³-hybridized carbons (Fsp3) is 0.227. The molecule has 1 aromatic heterocycles. The van der Waals surface area contributed by atoms with Gasteiger partial charge >= 0.3 is 0 Å². The third kappa shape index (κ3) is 4.17. The Morgan fingerprint density at radius 3 is 2.68 bits per heavy atom. The molecular weight excluding hydrogens is 370 g/mol. The number of para-hydroxylation sites is 2. The van der Waals surface area contributed by atoms with Crippen molar-refractivity contribution in [2.24, 2.45) is 0 Å². The van der Waals surface area contributed by atoms with Crippen molar-refractivity contribution in [3.05, 3.63) is 77.1 Å². The van der Waals surface area contributed by atoms with Crippen molar-refractivity contribution in [2.75, 3.05) is 12.3 Å². The zero-order valence-electron chi connectivity index (χ0n) is 16.0. The van der Waals surface area contributed by atoms with Crippen molar-refractivity contribution in [1.29, 1.82) is 0 Å². The monoisotopic (exact) mass is 393 g/mol. The fourth-order valence-electron chi connectivity index (χ4n) is 2.97. The van der Waals surface area contributed by atoms with Crippen molar-refractivity contribution < 1.29 is 4.79 Å². The molecular formula is C22H23N3O2S. The Hall–Kier alpha value is -2.86. The number of amides is 1. The van der Waals surface area contributed by atoms with E-state index in [1.807, 2.05) is 42.5 Å². The number of carbonyl (C=O) groups is 1. The van der Waals surface area contributed by atoms with Crippen LogP contribution in [0, 0.1) is 0 Å². The van der Waals surface area contributed by atoms with E-state index in [2.05, 4.69) is 25.7 Å². The molecule has 0 fully saturated rings. The topological polar surface area (TPSA) is 64.0 Å². The molecule has 0 bridgehead atoms. The summed E-state index contributed by atoms with van der Waals surface area (Å²) < 4.78 is 1.63. The molecule has 1 amide bonds. The lowest BCUT2D eigenvalue weighted by atomic mass is 10.0. The molecule has 0 aliphatic rings. The van der Waals surface area contributed by atoms with Gasteiger partial charge in [0, 0.05) is 6.54 Å². The first-order valence-corrected chi connectivity index (χ1v) is 10.1. The Morgan fingerprint density at radius 2 is 1.93 bits per heavy atom. The lowest BCUT2D eigenvalue weighted by Crippen LogP contribution is -2.27. The van der Waals surface area contributed by atoms with Gasteiger partial charge in [-0.3, -0.25) is 14.2 Å². The van der Waals surface area contributed by atoms with Crippen LogP contribution in [0.2, 0.25) is 0 Å². The number of hydrogen-bond donors (Lipinski definition) is 1. The van der Waals surface area contributed by atoms with Gasteiger partial charge in [0.2, 0.25) is 5.91 Å². The summed E-state index contributed by atoms with van der Waals surface area (Å²) >= 11 is 1.26. The summed E-state index contributed by atoms with van der Waals surface area (Å²) in [7, 11) is 0. The Morgan fingerprint density at radius 1 is 1.21 bits per heavy atom. The van der Waals surface area contributed by atoms with Crippen molar-refractivity contribution in [3.63, 3.8) is 0 Å². The standard InChI is InChI=1S/C22H23N3O2S/c1-4-13-23-20(26)14-28-22-24-18-11-7-5-10-17(18)21(27)25(22)19-12-8-6-9-16(19)15(2)3/h4-12,15H,1,13-14H2,2-3H3,(H,23,26). The van der Waals surface area contributed by atoms with Crippen LogP contribution in [0.25, 0.3) is 16.6 Å². The lowest BCUT2D eigenvalue weighted by Gasteiger charge is -2.18. The van der Waals surface area contributed by atoms with E-state index in [1.54, 1.807) is 16.7 Å². The smallest absolute Gasteiger partial charge is 0.266 e. The van der Waals surface area contributed by atoms with Crippen LogP contribution in [0.1, 0.15) is 25.3 Å². The average Bonchev–Trinajstić information content (AvgIpc) is 2.70. The Bertz CT molecular complexity index is 1070. The molecule has 28 heavy (non-hydrogen) atoms. The van der Waals surface area contributed by atoms with Gasteiger partial charge in [-0.2, -0.15) is 0 Å². The maximum atomic E-state index is 13.3. The Balaban J connectivity index is 2.14. The minimum absolute atomic E-state index is 0.129. The summed E-state index contributed by atoms with van der Waals surface area (Å²) in [6.07, 6.45) is 1.63. The quantitative estimate of drug-likeness (QED) is 0.376. The summed E-state index contributed by atoms with van der Waals surface area (Å²) in [5.74, 6) is 0.280. The number of carbonyl (C=O) groups excluding carboxylic acids is 1. The van der Waals surface area contributed by atoms with E-state index >= 15 is 0 Å². The number of aromatic nitrogens is 2. The lowest BCUT2D eigenvalue weighted by molar-refractivity contribution is -0.118. The van der Waals surface area contributed by atoms with Crippen molar-refractivity contribution >= 4 is 28.6 Å². The van der Waals surface area contributed by atoms with E-state index in [0.29, 0.717) is 22.6 Å². The van der Waals surface area contributed by atoms with Gasteiger partial charge in [-0.15, -0.1) is 6.58 Å². The molecule has 0 saturated carbocycles. The molecule has 0 aliphatic carbocycles. The van der Waals surface area contributed by atoms with Gasteiger partial charge in [0.15, 0.2) is 5.16 Å². The summed E-state index contributed by atoms with van der Waals surface area (Å²) in [4.78, 5) is 30.1. The van der Waals surface area contributed by atoms with E-state index < -0.39 is 0 Å². The highest BCUT2D eigenvalue weighted by Crippen LogP contribution is 2.26. The third-order valence-corrected chi connectivity index (χ3v) is 5.26. The second kappa shape index (κ2) is 8.89.